The number of hydrogen-bond donors (Lipinski definition) is 1. The Morgan fingerprint density at radius 1 is 1.33 bits per heavy atom. The molecule has 0 radical (unpaired) electrons. The van der Waals surface area contributed by atoms with Gasteiger partial charge in [-0.25, -0.2) is 0 Å². The molecule has 1 amide bonds. The van der Waals surface area contributed by atoms with E-state index in [9.17, 15) is 18.0 Å². The number of nitrogens with one attached hydrogen (secondary N) is 1. The van der Waals surface area contributed by atoms with Crippen LogP contribution in [0.4, 0.5) is 13.2 Å². The van der Waals surface area contributed by atoms with Crippen molar-refractivity contribution in [3.63, 3.8) is 0 Å². The van der Waals surface area contributed by atoms with Gasteiger partial charge in [-0.3, -0.25) is 14.2 Å². The van der Waals surface area contributed by atoms with Crippen LogP contribution in [0.15, 0.2) is 15.1 Å². The molecule has 0 aliphatic heterocycles. The molecule has 3 rings (SSSR count). The lowest BCUT2D eigenvalue weighted by molar-refractivity contribution is -0.142. The quantitative estimate of drug-likeness (QED) is 0.604. The molecule has 11 heteroatoms. The maximum atomic E-state index is 13.1. The molecule has 6 nitrogen and oxygen atoms in total. The first-order valence-corrected chi connectivity index (χ1v) is 10.1. The largest absolute Gasteiger partial charge is 0.436 e. The van der Waals surface area contributed by atoms with Crippen molar-refractivity contribution in [3.05, 3.63) is 32.2 Å². The number of alkyl halides is 3. The van der Waals surface area contributed by atoms with E-state index < -0.39 is 11.9 Å². The lowest BCUT2D eigenvalue weighted by Gasteiger charge is -2.09. The van der Waals surface area contributed by atoms with E-state index in [1.807, 2.05) is 6.92 Å². The lowest BCUT2D eigenvalue weighted by Crippen LogP contribution is -2.26. The fourth-order valence-corrected chi connectivity index (χ4v) is 4.13. The average molecular weight is 513 g/mol. The van der Waals surface area contributed by atoms with Gasteiger partial charge >= 0.3 is 6.18 Å². The minimum atomic E-state index is -4.53. The van der Waals surface area contributed by atoms with Gasteiger partial charge in [0.15, 0.2) is 5.69 Å². The summed E-state index contributed by atoms with van der Waals surface area (Å²) in [7, 11) is 0. The van der Waals surface area contributed by atoms with Gasteiger partial charge in [-0.2, -0.15) is 23.4 Å². The van der Waals surface area contributed by atoms with Crippen LogP contribution in [0.25, 0.3) is 0 Å². The molecule has 2 heterocycles. The van der Waals surface area contributed by atoms with Crippen molar-refractivity contribution in [2.75, 3.05) is 0 Å². The van der Waals surface area contributed by atoms with E-state index in [0.717, 1.165) is 23.0 Å². The fraction of sp³-hybridized carbons (Fsp3) is 0.562. The highest BCUT2D eigenvalue weighted by Gasteiger charge is 2.41. The summed E-state index contributed by atoms with van der Waals surface area (Å²) < 4.78 is 43.2. The number of hydrogen-bond acceptors (Lipinski definition) is 3. The molecule has 27 heavy (non-hydrogen) atoms. The molecule has 1 aliphatic carbocycles. The second-order valence-electron chi connectivity index (χ2n) is 6.32. The first-order chi connectivity index (χ1) is 12.7. The summed E-state index contributed by atoms with van der Waals surface area (Å²) in [5.41, 5.74) is 0.438. The summed E-state index contributed by atoms with van der Waals surface area (Å²) in [6.45, 7) is 3.00. The van der Waals surface area contributed by atoms with Crippen molar-refractivity contribution in [1.82, 2.24) is 24.9 Å². The molecule has 148 valence electrons. The molecule has 1 fully saturated rings. The first kappa shape index (κ1) is 20.4. The highest BCUT2D eigenvalue weighted by Crippen LogP contribution is 2.47. The topological polar surface area (TPSA) is 64.7 Å². The molecule has 0 unspecified atom stereocenters. The third-order valence-electron chi connectivity index (χ3n) is 4.37. The zero-order chi connectivity index (χ0) is 19.8. The summed E-state index contributed by atoms with van der Waals surface area (Å²) in [6.07, 6.45) is -1.15. The van der Waals surface area contributed by atoms with Gasteiger partial charge in [-0.15, -0.1) is 0 Å². The monoisotopic (exact) mass is 511 g/mol. The van der Waals surface area contributed by atoms with E-state index in [1.165, 1.54) is 4.68 Å². The minimum Gasteiger partial charge on any atom is -0.350 e. The normalized spacial score (nSPS) is 14.6. The second kappa shape index (κ2) is 7.94. The molecule has 0 bridgehead atoms. The minimum absolute atomic E-state index is 0.00585. The van der Waals surface area contributed by atoms with Gasteiger partial charge in [0.05, 0.1) is 39.6 Å². The molecule has 0 spiro atoms. The maximum absolute atomic E-state index is 13.1. The number of amides is 1. The predicted octanol–water partition coefficient (Wildman–Crippen LogP) is 4.23. The van der Waals surface area contributed by atoms with Gasteiger partial charge in [0.25, 0.3) is 0 Å². The van der Waals surface area contributed by atoms with E-state index >= 15 is 0 Å². The van der Waals surface area contributed by atoms with Gasteiger partial charge in [0, 0.05) is 18.9 Å². The number of halogens is 5. The summed E-state index contributed by atoms with van der Waals surface area (Å²) in [5.74, 6) is -0.187. The van der Waals surface area contributed by atoms with Gasteiger partial charge in [0.2, 0.25) is 5.91 Å². The number of carbonyl (C=O) groups is 1. The number of aromatic nitrogens is 4. The standard InChI is InChI=1S/C16H18Br2F3N5O/c1-2-25-11(10(17)7-23-25)8-22-12(27)5-6-26-14(9-3-4-9)13(18)15(24-26)16(19,20)21/h7,9H,2-6,8H2,1H3,(H,22,27). The van der Waals surface area contributed by atoms with E-state index in [2.05, 4.69) is 47.4 Å². The molecule has 1 N–H and O–H groups in total. The van der Waals surface area contributed by atoms with Crippen molar-refractivity contribution in [3.8, 4) is 0 Å². The zero-order valence-electron chi connectivity index (χ0n) is 14.5. The Bertz CT molecular complexity index is 842. The van der Waals surface area contributed by atoms with Crippen molar-refractivity contribution < 1.29 is 18.0 Å². The van der Waals surface area contributed by atoms with Crippen molar-refractivity contribution in [2.45, 2.75) is 57.9 Å². The van der Waals surface area contributed by atoms with Crippen LogP contribution in [0.5, 0.6) is 0 Å². The second-order valence-corrected chi connectivity index (χ2v) is 7.97. The number of rotatable bonds is 7. The molecule has 1 saturated carbocycles. The smallest absolute Gasteiger partial charge is 0.350 e. The first-order valence-electron chi connectivity index (χ1n) is 8.52. The molecule has 0 saturated heterocycles. The molecular formula is C16H18Br2F3N5O. The van der Waals surface area contributed by atoms with E-state index in [-0.39, 0.29) is 29.3 Å². The highest BCUT2D eigenvalue weighted by molar-refractivity contribution is 9.10. The van der Waals surface area contributed by atoms with Crippen LogP contribution in [-0.4, -0.2) is 25.5 Å². The van der Waals surface area contributed by atoms with Crippen molar-refractivity contribution in [2.24, 2.45) is 0 Å². The maximum Gasteiger partial charge on any atom is 0.436 e. The number of aryl methyl sites for hydroxylation is 2. The molecule has 1 aliphatic rings. The summed E-state index contributed by atoms with van der Waals surface area (Å²) in [5, 5.41) is 10.7. The lowest BCUT2D eigenvalue weighted by atomic mass is 10.2. The Balaban J connectivity index is 1.64. The van der Waals surface area contributed by atoms with Crippen LogP contribution in [-0.2, 0) is 30.6 Å². The van der Waals surface area contributed by atoms with Crippen molar-refractivity contribution in [1.29, 1.82) is 0 Å². The molecule has 0 atom stereocenters. The number of carbonyl (C=O) groups excluding carboxylic acids is 1. The van der Waals surface area contributed by atoms with E-state index in [4.69, 9.17) is 0 Å². The van der Waals surface area contributed by atoms with E-state index in [0.29, 0.717) is 18.8 Å². The SMILES string of the molecule is CCn1ncc(Br)c1CNC(=O)CCn1nc(C(F)(F)F)c(Br)c1C1CC1. The van der Waals surface area contributed by atoms with Crippen molar-refractivity contribution >= 4 is 37.8 Å². The van der Waals surface area contributed by atoms with E-state index in [1.54, 1.807) is 10.9 Å². The highest BCUT2D eigenvalue weighted by atomic mass is 79.9. The van der Waals surface area contributed by atoms with Crippen LogP contribution in [0.1, 0.15) is 49.2 Å². The van der Waals surface area contributed by atoms with Crippen LogP contribution >= 0.6 is 31.9 Å². The molecular weight excluding hydrogens is 495 g/mol. The Labute approximate surface area is 170 Å². The van der Waals surface area contributed by atoms with Crippen LogP contribution in [0.3, 0.4) is 0 Å². The third kappa shape index (κ3) is 4.56. The Morgan fingerprint density at radius 3 is 2.63 bits per heavy atom. The predicted molar refractivity (Wildman–Crippen MR) is 99.0 cm³/mol. The van der Waals surface area contributed by atoms with Gasteiger partial charge in [0.1, 0.15) is 0 Å². The van der Waals surface area contributed by atoms with Crippen LogP contribution in [0.2, 0.25) is 0 Å². The molecule has 2 aromatic heterocycles. The Hall–Kier alpha value is -1.36. The summed E-state index contributed by atoms with van der Waals surface area (Å²) in [6, 6.07) is 0. The average Bonchev–Trinajstić information content (AvgIpc) is 3.28. The van der Waals surface area contributed by atoms with Gasteiger partial charge in [-0.05, 0) is 51.6 Å². The molecule has 0 aromatic carbocycles. The van der Waals surface area contributed by atoms with Crippen LogP contribution < -0.4 is 5.32 Å². The van der Waals surface area contributed by atoms with Gasteiger partial charge in [-0.1, -0.05) is 0 Å². The Kier molecular flexibility index (Phi) is 5.99. The third-order valence-corrected chi connectivity index (χ3v) is 5.81. The van der Waals surface area contributed by atoms with Gasteiger partial charge < -0.3 is 5.32 Å². The number of nitrogens with zero attached hydrogens (tertiary/aromatic N) is 4. The Morgan fingerprint density at radius 2 is 2.04 bits per heavy atom. The summed E-state index contributed by atoms with van der Waals surface area (Å²) in [4.78, 5) is 12.2. The zero-order valence-corrected chi connectivity index (χ0v) is 17.7. The fourth-order valence-electron chi connectivity index (χ4n) is 2.87. The molecule has 2 aromatic rings. The van der Waals surface area contributed by atoms with Crippen LogP contribution in [0, 0.1) is 0 Å². The summed E-state index contributed by atoms with van der Waals surface area (Å²) >= 11 is 6.43.